The van der Waals surface area contributed by atoms with Crippen molar-refractivity contribution in [3.05, 3.63) is 28.2 Å². The molecule has 4 heteroatoms. The quantitative estimate of drug-likeness (QED) is 0.667. The minimum Gasteiger partial charge on any atom is -0.298 e. The van der Waals surface area contributed by atoms with Gasteiger partial charge in [0.05, 0.1) is 5.33 Å². The number of hydrogen-bond donors (Lipinski definition) is 1. The molecule has 0 unspecified atom stereocenters. The maximum atomic E-state index is 11.1. The number of benzene rings is 1. The first-order valence-corrected chi connectivity index (χ1v) is 6.04. The summed E-state index contributed by atoms with van der Waals surface area (Å²) in [4.78, 5) is 12.0. The van der Waals surface area contributed by atoms with Gasteiger partial charge >= 0.3 is 0 Å². The zero-order valence-electron chi connectivity index (χ0n) is 6.76. The molecule has 1 nitrogen and oxygen atoms in total. The van der Waals surface area contributed by atoms with Crippen LogP contribution in [0, 0.1) is 0 Å². The lowest BCUT2D eigenvalue weighted by Gasteiger charge is -2.02. The smallest absolute Gasteiger partial charge is 0.147 e. The van der Waals surface area contributed by atoms with Crippen molar-refractivity contribution in [2.24, 2.45) is 0 Å². The Morgan fingerprint density at radius 3 is 2.69 bits per heavy atom. The molecule has 0 fully saturated rings. The molecule has 0 atom stereocenters. The molecule has 0 saturated carbocycles. The summed E-state index contributed by atoms with van der Waals surface area (Å²) in [6.45, 7) is 0. The van der Waals surface area contributed by atoms with Gasteiger partial charge < -0.3 is 0 Å². The van der Waals surface area contributed by atoms with Crippen LogP contribution in [0.2, 0.25) is 0 Å². The van der Waals surface area contributed by atoms with E-state index in [1.54, 1.807) is 0 Å². The molecule has 0 radical (unpaired) electrons. The van der Waals surface area contributed by atoms with Crippen molar-refractivity contribution in [2.75, 3.05) is 5.33 Å². The Kier molecular flexibility index (Phi) is 4.49. The summed E-state index contributed by atoms with van der Waals surface area (Å²) in [5, 5.41) is 0.405. The number of carbonyl (C=O) groups is 1. The van der Waals surface area contributed by atoms with Crippen LogP contribution in [0.15, 0.2) is 27.6 Å². The van der Waals surface area contributed by atoms with Crippen molar-refractivity contribution in [2.45, 2.75) is 11.3 Å². The predicted molar refractivity (Wildman–Crippen MR) is 63.9 cm³/mol. The minimum atomic E-state index is 0.174. The Labute approximate surface area is 99.6 Å². The predicted octanol–water partition coefficient (Wildman–Crippen LogP) is 3.24. The molecular weight excluding hydrogens is 316 g/mol. The number of Topliss-reactive ketones (excluding diaryl/α,β-unsaturated/α-hetero) is 1. The molecule has 0 aliphatic rings. The van der Waals surface area contributed by atoms with Crippen molar-refractivity contribution >= 4 is 50.3 Å². The fourth-order valence-corrected chi connectivity index (χ4v) is 2.04. The van der Waals surface area contributed by atoms with Crippen molar-refractivity contribution < 1.29 is 4.79 Å². The second kappa shape index (κ2) is 5.17. The van der Waals surface area contributed by atoms with Crippen molar-refractivity contribution in [1.29, 1.82) is 0 Å². The van der Waals surface area contributed by atoms with Gasteiger partial charge in [-0.3, -0.25) is 4.79 Å². The van der Waals surface area contributed by atoms with Gasteiger partial charge in [-0.15, -0.1) is 12.6 Å². The Morgan fingerprint density at radius 1 is 1.46 bits per heavy atom. The summed E-state index contributed by atoms with van der Waals surface area (Å²) in [6, 6.07) is 5.68. The summed E-state index contributed by atoms with van der Waals surface area (Å²) in [5.41, 5.74) is 1.00. The molecule has 0 N–H and O–H groups in total. The average molecular weight is 324 g/mol. The molecule has 13 heavy (non-hydrogen) atoms. The number of thiol groups is 1. The lowest BCUT2D eigenvalue weighted by Crippen LogP contribution is -2.03. The first-order chi connectivity index (χ1) is 6.13. The van der Waals surface area contributed by atoms with E-state index in [4.69, 9.17) is 0 Å². The highest BCUT2D eigenvalue weighted by molar-refractivity contribution is 9.10. The van der Waals surface area contributed by atoms with Gasteiger partial charge in [0, 0.05) is 15.8 Å². The van der Waals surface area contributed by atoms with Crippen LogP contribution in [0.4, 0.5) is 0 Å². The van der Waals surface area contributed by atoms with Gasteiger partial charge in [-0.05, 0) is 17.7 Å². The molecule has 0 aromatic heterocycles. The molecule has 0 amide bonds. The number of carbonyl (C=O) groups excluding carboxylic acids is 1. The molecule has 0 aliphatic heterocycles. The molecule has 1 aromatic rings. The Hall–Kier alpha value is 0.200. The Morgan fingerprint density at radius 2 is 2.15 bits per heavy atom. The zero-order chi connectivity index (χ0) is 9.84. The SMILES string of the molecule is O=C(CBr)Cc1ccc(S)cc1Br. The molecule has 0 saturated heterocycles. The fraction of sp³-hybridized carbons (Fsp3) is 0.222. The lowest BCUT2D eigenvalue weighted by molar-refractivity contribution is -0.115. The number of ketones is 1. The molecule has 0 spiro atoms. The van der Waals surface area contributed by atoms with Gasteiger partial charge in [-0.1, -0.05) is 37.9 Å². The van der Waals surface area contributed by atoms with Crippen LogP contribution in [0.5, 0.6) is 0 Å². The molecule has 0 bridgehead atoms. The van der Waals surface area contributed by atoms with Crippen LogP contribution in [0.3, 0.4) is 0 Å². The van der Waals surface area contributed by atoms with Crippen molar-refractivity contribution in [3.8, 4) is 0 Å². The number of alkyl halides is 1. The van der Waals surface area contributed by atoms with E-state index in [1.165, 1.54) is 0 Å². The van der Waals surface area contributed by atoms with Gasteiger partial charge in [0.25, 0.3) is 0 Å². The maximum Gasteiger partial charge on any atom is 0.147 e. The first-order valence-electron chi connectivity index (χ1n) is 3.68. The van der Waals surface area contributed by atoms with Crippen molar-refractivity contribution in [3.63, 3.8) is 0 Å². The number of hydrogen-bond acceptors (Lipinski definition) is 2. The third-order valence-corrected chi connectivity index (χ3v) is 3.22. The van der Waals surface area contributed by atoms with E-state index < -0.39 is 0 Å². The molecular formula is C9H8Br2OS. The lowest BCUT2D eigenvalue weighted by atomic mass is 10.1. The van der Waals surface area contributed by atoms with Gasteiger partial charge in [0.15, 0.2) is 0 Å². The topological polar surface area (TPSA) is 17.1 Å². The molecule has 1 rings (SSSR count). The number of halogens is 2. The van der Waals surface area contributed by atoms with Crippen molar-refractivity contribution in [1.82, 2.24) is 0 Å². The van der Waals surface area contributed by atoms with Crippen LogP contribution in [0.1, 0.15) is 5.56 Å². The standard InChI is InChI=1S/C9H8Br2OS/c10-5-7(12)3-6-1-2-8(13)4-9(6)11/h1-2,4,13H,3,5H2. The largest absolute Gasteiger partial charge is 0.298 e. The third kappa shape index (κ3) is 3.44. The van der Waals surface area contributed by atoms with E-state index >= 15 is 0 Å². The van der Waals surface area contributed by atoms with Gasteiger partial charge in [-0.2, -0.15) is 0 Å². The van der Waals surface area contributed by atoms with Gasteiger partial charge in [0.2, 0.25) is 0 Å². The van der Waals surface area contributed by atoms with E-state index in [0.29, 0.717) is 11.8 Å². The maximum absolute atomic E-state index is 11.1. The van der Waals surface area contributed by atoms with E-state index in [-0.39, 0.29) is 5.78 Å². The van der Waals surface area contributed by atoms with Crippen LogP contribution < -0.4 is 0 Å². The summed E-state index contributed by atoms with van der Waals surface area (Å²) in [6.07, 6.45) is 0.458. The van der Waals surface area contributed by atoms with E-state index in [1.807, 2.05) is 18.2 Å². The normalized spacial score (nSPS) is 10.1. The molecule has 0 aliphatic carbocycles. The highest BCUT2D eigenvalue weighted by Crippen LogP contribution is 2.21. The molecule has 70 valence electrons. The number of rotatable bonds is 3. The third-order valence-electron chi connectivity index (χ3n) is 1.57. The summed E-state index contributed by atoms with van der Waals surface area (Å²) >= 11 is 10.7. The Bertz CT molecular complexity index is 325. The van der Waals surface area contributed by atoms with E-state index in [2.05, 4.69) is 44.5 Å². The van der Waals surface area contributed by atoms with Gasteiger partial charge in [-0.25, -0.2) is 0 Å². The first kappa shape index (κ1) is 11.3. The van der Waals surface area contributed by atoms with Crippen LogP contribution in [0.25, 0.3) is 0 Å². The second-order valence-electron chi connectivity index (χ2n) is 2.62. The highest BCUT2D eigenvalue weighted by Gasteiger charge is 2.05. The van der Waals surface area contributed by atoms with Crippen LogP contribution in [-0.4, -0.2) is 11.1 Å². The Balaban J connectivity index is 2.83. The second-order valence-corrected chi connectivity index (χ2v) is 4.56. The van der Waals surface area contributed by atoms with Crippen LogP contribution >= 0.6 is 44.5 Å². The zero-order valence-corrected chi connectivity index (χ0v) is 10.8. The van der Waals surface area contributed by atoms with Crippen LogP contribution in [-0.2, 0) is 11.2 Å². The van der Waals surface area contributed by atoms with Gasteiger partial charge in [0.1, 0.15) is 5.78 Å². The monoisotopic (exact) mass is 322 g/mol. The molecule has 0 heterocycles. The minimum absolute atomic E-state index is 0.174. The van der Waals surface area contributed by atoms with E-state index in [9.17, 15) is 4.79 Å². The summed E-state index contributed by atoms with van der Waals surface area (Å²) < 4.78 is 0.939. The average Bonchev–Trinajstić information content (AvgIpc) is 2.09. The summed E-state index contributed by atoms with van der Waals surface area (Å²) in [7, 11) is 0. The fourth-order valence-electron chi connectivity index (χ4n) is 0.939. The highest BCUT2D eigenvalue weighted by atomic mass is 79.9. The summed E-state index contributed by atoms with van der Waals surface area (Å²) in [5.74, 6) is 0.174. The molecule has 1 aromatic carbocycles. The van der Waals surface area contributed by atoms with E-state index in [0.717, 1.165) is 14.9 Å².